The molecule has 2 rings (SSSR count). The van der Waals surface area contributed by atoms with Crippen LogP contribution in [0.3, 0.4) is 0 Å². The van der Waals surface area contributed by atoms with Gasteiger partial charge in [0.25, 0.3) is 0 Å². The number of nitriles is 1. The van der Waals surface area contributed by atoms with Gasteiger partial charge in [-0.15, -0.1) is 0 Å². The number of rotatable bonds is 4. The first kappa shape index (κ1) is 15.9. The molecule has 0 aliphatic carbocycles. The second-order valence-corrected chi connectivity index (χ2v) is 5.54. The minimum Gasteiger partial charge on any atom is -0.487 e. The van der Waals surface area contributed by atoms with Crippen LogP contribution in [0.2, 0.25) is 15.1 Å². The van der Waals surface area contributed by atoms with Gasteiger partial charge >= 0.3 is 0 Å². The Kier molecular flexibility index (Phi) is 5.33. The summed E-state index contributed by atoms with van der Waals surface area (Å²) in [4.78, 5) is 0. The Morgan fingerprint density at radius 1 is 1.05 bits per heavy atom. The molecular weight excluding hydrogens is 331 g/mol. The third kappa shape index (κ3) is 3.81. The van der Waals surface area contributed by atoms with E-state index in [2.05, 4.69) is 0 Å². The summed E-state index contributed by atoms with van der Waals surface area (Å²) in [7, 11) is 0. The smallest absolute Gasteiger partial charge is 0.142 e. The van der Waals surface area contributed by atoms with Gasteiger partial charge in [-0.1, -0.05) is 40.9 Å². The third-order valence-corrected chi connectivity index (χ3v) is 3.71. The van der Waals surface area contributed by atoms with Gasteiger partial charge in [0, 0.05) is 27.7 Å². The normalized spacial score (nSPS) is 10.2. The van der Waals surface area contributed by atoms with Crippen molar-refractivity contribution in [3.8, 4) is 11.8 Å². The molecule has 0 radical (unpaired) electrons. The highest BCUT2D eigenvalue weighted by atomic mass is 35.5. The van der Waals surface area contributed by atoms with E-state index >= 15 is 0 Å². The summed E-state index contributed by atoms with van der Waals surface area (Å²) in [5, 5.41) is 10.2. The highest BCUT2D eigenvalue weighted by Crippen LogP contribution is 2.33. The minimum absolute atomic E-state index is 0.221. The van der Waals surface area contributed by atoms with Crippen LogP contribution in [0.15, 0.2) is 30.3 Å². The maximum atomic E-state index is 8.81. The van der Waals surface area contributed by atoms with Gasteiger partial charge in [-0.2, -0.15) is 5.26 Å². The van der Waals surface area contributed by atoms with E-state index in [0.717, 1.165) is 11.1 Å². The Labute approximate surface area is 137 Å². The van der Waals surface area contributed by atoms with Crippen LogP contribution in [-0.2, 0) is 13.2 Å². The number of benzene rings is 2. The van der Waals surface area contributed by atoms with Crippen molar-refractivity contribution in [3.63, 3.8) is 0 Å². The molecule has 108 valence electrons. The zero-order valence-electron chi connectivity index (χ0n) is 10.9. The molecule has 2 aromatic rings. The van der Waals surface area contributed by atoms with Gasteiger partial charge < -0.3 is 10.5 Å². The van der Waals surface area contributed by atoms with Gasteiger partial charge in [0.2, 0.25) is 0 Å². The van der Waals surface area contributed by atoms with Crippen LogP contribution in [0, 0.1) is 11.3 Å². The topological polar surface area (TPSA) is 59.0 Å². The number of nitrogens with zero attached hydrogens (tertiary/aromatic N) is 1. The number of hydrogen-bond donors (Lipinski definition) is 1. The highest BCUT2D eigenvalue weighted by molar-refractivity contribution is 6.35. The molecule has 0 bridgehead atoms. The van der Waals surface area contributed by atoms with Crippen LogP contribution in [0.25, 0.3) is 0 Å². The Hall–Kier alpha value is -1.44. The average molecular weight is 342 g/mol. The van der Waals surface area contributed by atoms with E-state index in [4.69, 9.17) is 50.5 Å². The summed E-state index contributed by atoms with van der Waals surface area (Å²) in [5.74, 6) is 0.490. The lowest BCUT2D eigenvalue weighted by atomic mass is 10.1. The summed E-state index contributed by atoms with van der Waals surface area (Å²) >= 11 is 18.2. The average Bonchev–Trinajstić information content (AvgIpc) is 2.46. The first-order valence-electron chi connectivity index (χ1n) is 6.04. The lowest BCUT2D eigenvalue weighted by Gasteiger charge is -2.13. The molecule has 0 amide bonds. The van der Waals surface area contributed by atoms with Gasteiger partial charge in [0.1, 0.15) is 12.4 Å². The molecule has 0 unspecified atom stereocenters. The molecule has 0 spiro atoms. The predicted octanol–water partition coefficient (Wildman–Crippen LogP) is 4.56. The van der Waals surface area contributed by atoms with Gasteiger partial charge in [-0.3, -0.25) is 0 Å². The van der Waals surface area contributed by atoms with Crippen LogP contribution >= 0.6 is 34.8 Å². The molecule has 2 aromatic carbocycles. The van der Waals surface area contributed by atoms with Crippen LogP contribution < -0.4 is 10.5 Å². The number of hydrogen-bond acceptors (Lipinski definition) is 3. The van der Waals surface area contributed by atoms with Gasteiger partial charge in [0.05, 0.1) is 16.7 Å². The second kappa shape index (κ2) is 7.02. The molecule has 0 saturated heterocycles. The highest BCUT2D eigenvalue weighted by Gasteiger charge is 2.11. The van der Waals surface area contributed by atoms with Crippen molar-refractivity contribution < 1.29 is 4.74 Å². The second-order valence-electron chi connectivity index (χ2n) is 4.29. The van der Waals surface area contributed by atoms with Crippen molar-refractivity contribution in [3.05, 3.63) is 62.1 Å². The third-order valence-electron chi connectivity index (χ3n) is 2.86. The van der Waals surface area contributed by atoms with Crippen molar-refractivity contribution >= 4 is 34.8 Å². The summed E-state index contributed by atoms with van der Waals surface area (Å²) in [6.07, 6.45) is 0. The summed E-state index contributed by atoms with van der Waals surface area (Å²) in [6, 6.07) is 10.3. The van der Waals surface area contributed by atoms with Gasteiger partial charge in [-0.25, -0.2) is 0 Å². The van der Waals surface area contributed by atoms with Crippen LogP contribution in [-0.4, -0.2) is 0 Å². The van der Waals surface area contributed by atoms with Crippen molar-refractivity contribution in [2.45, 2.75) is 13.2 Å². The van der Waals surface area contributed by atoms with Crippen molar-refractivity contribution in [2.75, 3.05) is 0 Å². The van der Waals surface area contributed by atoms with E-state index in [1.54, 1.807) is 30.3 Å². The molecule has 0 aromatic heterocycles. The van der Waals surface area contributed by atoms with Gasteiger partial charge in [0.15, 0.2) is 0 Å². The predicted molar refractivity (Wildman–Crippen MR) is 84.9 cm³/mol. The van der Waals surface area contributed by atoms with Crippen LogP contribution in [0.4, 0.5) is 0 Å². The van der Waals surface area contributed by atoms with E-state index in [1.807, 2.05) is 6.07 Å². The Morgan fingerprint density at radius 3 is 2.43 bits per heavy atom. The summed E-state index contributed by atoms with van der Waals surface area (Å²) in [6.45, 7) is 0.482. The van der Waals surface area contributed by atoms with E-state index in [1.165, 1.54) is 0 Å². The molecule has 0 atom stereocenters. The lowest BCUT2D eigenvalue weighted by Crippen LogP contribution is -2.04. The molecule has 0 aliphatic heterocycles. The molecular formula is C15H11Cl3N2O. The van der Waals surface area contributed by atoms with Crippen LogP contribution in [0.5, 0.6) is 5.75 Å². The van der Waals surface area contributed by atoms with Crippen molar-refractivity contribution in [1.82, 2.24) is 0 Å². The molecule has 21 heavy (non-hydrogen) atoms. The molecule has 0 fully saturated rings. The Balaban J connectivity index is 2.23. The maximum Gasteiger partial charge on any atom is 0.142 e. The molecule has 2 N–H and O–H groups in total. The zero-order chi connectivity index (χ0) is 15.4. The fourth-order valence-electron chi connectivity index (χ4n) is 1.81. The Bertz CT molecular complexity index is 711. The van der Waals surface area contributed by atoms with E-state index < -0.39 is 0 Å². The zero-order valence-corrected chi connectivity index (χ0v) is 13.1. The monoisotopic (exact) mass is 340 g/mol. The molecule has 0 heterocycles. The number of ether oxygens (including phenoxy) is 1. The van der Waals surface area contributed by atoms with E-state index in [-0.39, 0.29) is 13.2 Å². The largest absolute Gasteiger partial charge is 0.487 e. The first-order chi connectivity index (χ1) is 10.0. The number of nitrogens with two attached hydrogens (primary N) is 1. The maximum absolute atomic E-state index is 8.81. The summed E-state index contributed by atoms with van der Waals surface area (Å²) in [5.41, 5.74) is 7.64. The van der Waals surface area contributed by atoms with Crippen LogP contribution in [0.1, 0.15) is 16.7 Å². The summed E-state index contributed by atoms with van der Waals surface area (Å²) < 4.78 is 5.72. The molecule has 6 heteroatoms. The first-order valence-corrected chi connectivity index (χ1v) is 7.18. The molecule has 0 saturated carbocycles. The van der Waals surface area contributed by atoms with Crippen molar-refractivity contribution in [2.24, 2.45) is 5.73 Å². The quantitative estimate of drug-likeness (QED) is 0.887. The fraction of sp³-hybridized carbons (Fsp3) is 0.133. The van der Waals surface area contributed by atoms with E-state index in [9.17, 15) is 0 Å². The van der Waals surface area contributed by atoms with Gasteiger partial charge in [-0.05, 0) is 24.3 Å². The Morgan fingerprint density at radius 2 is 1.81 bits per heavy atom. The minimum atomic E-state index is 0.221. The SMILES string of the molecule is N#Cc1ccc(COc2c(Cl)cc(Cl)cc2CN)c(Cl)c1. The number of halogens is 3. The molecule has 0 aliphatic rings. The molecule has 3 nitrogen and oxygen atoms in total. The fourth-order valence-corrected chi connectivity index (χ4v) is 2.64. The lowest BCUT2D eigenvalue weighted by molar-refractivity contribution is 0.303. The standard InChI is InChI=1S/C15H11Cl3N2O/c16-12-4-11(7-20)15(14(18)5-12)21-8-10-2-1-9(6-19)3-13(10)17/h1-5H,7-8,20H2. The van der Waals surface area contributed by atoms with E-state index in [0.29, 0.717) is 26.4 Å². The van der Waals surface area contributed by atoms with Crippen molar-refractivity contribution in [1.29, 1.82) is 5.26 Å².